The highest BCUT2D eigenvalue weighted by Crippen LogP contribution is 2.71. The van der Waals surface area contributed by atoms with E-state index in [1.807, 2.05) is 51.1 Å². The Kier molecular flexibility index (Phi) is 4.38. The van der Waals surface area contributed by atoms with E-state index in [2.05, 4.69) is 23.3 Å². The van der Waals surface area contributed by atoms with Crippen LogP contribution in [0.3, 0.4) is 0 Å². The first-order valence-electron chi connectivity index (χ1n) is 12.5. The van der Waals surface area contributed by atoms with Gasteiger partial charge < -0.3 is 19.1 Å². The summed E-state index contributed by atoms with van der Waals surface area (Å²) in [4.78, 5) is 35.6. The summed E-state index contributed by atoms with van der Waals surface area (Å²) in [7, 11) is 0. The van der Waals surface area contributed by atoms with Gasteiger partial charge in [0.05, 0.1) is 23.8 Å². The van der Waals surface area contributed by atoms with Crippen molar-refractivity contribution in [2.45, 2.75) is 84.2 Å². The van der Waals surface area contributed by atoms with Crippen molar-refractivity contribution >= 4 is 12.0 Å². The molecule has 3 fully saturated rings. The number of ether oxygens (including phenoxy) is 1. The number of piperidine rings is 1. The Morgan fingerprint density at radius 3 is 2.50 bits per heavy atom. The Morgan fingerprint density at radius 2 is 1.85 bits per heavy atom. The van der Waals surface area contributed by atoms with Crippen LogP contribution in [-0.4, -0.2) is 55.1 Å². The van der Waals surface area contributed by atoms with Gasteiger partial charge in [0.25, 0.3) is 5.91 Å². The Hall–Kier alpha value is -2.83. The molecule has 2 bridgehead atoms. The lowest BCUT2D eigenvalue weighted by molar-refractivity contribution is 0.0198. The van der Waals surface area contributed by atoms with Gasteiger partial charge in [-0.15, -0.1) is 0 Å². The molecule has 7 nitrogen and oxygen atoms in total. The predicted molar refractivity (Wildman–Crippen MR) is 128 cm³/mol. The quantitative estimate of drug-likeness (QED) is 0.607. The van der Waals surface area contributed by atoms with E-state index >= 15 is 0 Å². The monoisotopic (exact) mass is 462 g/mol. The third kappa shape index (κ3) is 2.98. The molecule has 3 heterocycles. The average Bonchev–Trinajstić information content (AvgIpc) is 3.04. The van der Waals surface area contributed by atoms with Crippen molar-refractivity contribution in [2.75, 3.05) is 6.54 Å². The molecular weight excluding hydrogens is 428 g/mol. The maximum atomic E-state index is 14.0. The number of carbonyl (C=O) groups excluding carboxylic acids is 2. The molecular formula is C27H34N4O3. The molecule has 4 aliphatic rings. The molecule has 4 atom stereocenters. The van der Waals surface area contributed by atoms with Crippen LogP contribution >= 0.6 is 0 Å². The number of likely N-dealkylation sites (tertiary alicyclic amines) is 1. The molecule has 6 rings (SSSR count). The van der Waals surface area contributed by atoms with Gasteiger partial charge in [-0.05, 0) is 58.3 Å². The van der Waals surface area contributed by atoms with Crippen molar-refractivity contribution < 1.29 is 14.3 Å². The summed E-state index contributed by atoms with van der Waals surface area (Å²) in [6, 6.07) is 10.3. The molecule has 4 unspecified atom stereocenters. The molecule has 2 aromatic rings. The standard InChI is InChI=1S/C27H34N4O3/c1-25(2,3)34-24(33)29-13-14-30-19(16-29)20(28-21(30)17-9-7-6-8-10-17)22(32)31-23-26(4)12-11-18(15-26)27(23,31)5/h6-10,18,23H,11-16H2,1-5H3. The van der Waals surface area contributed by atoms with E-state index < -0.39 is 5.60 Å². The summed E-state index contributed by atoms with van der Waals surface area (Å²) in [5, 5.41) is 0. The number of fused-ring (bicyclic) bond motifs is 6. The number of rotatable bonds is 2. The second kappa shape index (κ2) is 6.86. The third-order valence-electron chi connectivity index (χ3n) is 8.64. The van der Waals surface area contributed by atoms with Gasteiger partial charge in [-0.25, -0.2) is 9.78 Å². The van der Waals surface area contributed by atoms with Crippen LogP contribution < -0.4 is 0 Å². The number of amides is 2. The minimum absolute atomic E-state index is 0.0160. The molecule has 7 heteroatoms. The predicted octanol–water partition coefficient (Wildman–Crippen LogP) is 4.70. The lowest BCUT2D eigenvalue weighted by Gasteiger charge is -2.31. The Bertz CT molecular complexity index is 1180. The molecule has 2 saturated carbocycles. The van der Waals surface area contributed by atoms with Crippen molar-refractivity contribution in [3.05, 3.63) is 41.7 Å². The first-order valence-corrected chi connectivity index (χ1v) is 12.5. The fraction of sp³-hybridized carbons (Fsp3) is 0.593. The van der Waals surface area contributed by atoms with Crippen LogP contribution in [0.2, 0.25) is 0 Å². The Morgan fingerprint density at radius 1 is 1.12 bits per heavy atom. The van der Waals surface area contributed by atoms with Gasteiger partial charge in [-0.1, -0.05) is 37.3 Å². The molecule has 1 aromatic heterocycles. The number of hydrogen-bond donors (Lipinski definition) is 0. The number of nitrogens with zero attached hydrogens (tertiary/aromatic N) is 4. The van der Waals surface area contributed by atoms with Gasteiger partial charge in [0.15, 0.2) is 5.69 Å². The van der Waals surface area contributed by atoms with E-state index in [-0.39, 0.29) is 23.0 Å². The maximum absolute atomic E-state index is 14.0. The summed E-state index contributed by atoms with van der Waals surface area (Å²) < 4.78 is 7.76. The molecule has 1 aromatic carbocycles. The number of benzene rings is 1. The number of hydrogen-bond acceptors (Lipinski definition) is 4. The molecule has 0 spiro atoms. The number of imidazole rings is 1. The smallest absolute Gasteiger partial charge is 0.410 e. The summed E-state index contributed by atoms with van der Waals surface area (Å²) in [6.45, 7) is 11.7. The van der Waals surface area contributed by atoms with Crippen LogP contribution in [0, 0.1) is 11.3 Å². The van der Waals surface area contributed by atoms with E-state index in [0.717, 1.165) is 17.1 Å². The maximum Gasteiger partial charge on any atom is 0.410 e. The minimum atomic E-state index is -0.566. The van der Waals surface area contributed by atoms with Gasteiger partial charge in [-0.2, -0.15) is 0 Å². The van der Waals surface area contributed by atoms with Crippen molar-refractivity contribution in [3.63, 3.8) is 0 Å². The summed E-state index contributed by atoms with van der Waals surface area (Å²) in [5.74, 6) is 1.40. The molecule has 2 amide bonds. The van der Waals surface area contributed by atoms with Crippen LogP contribution in [0.15, 0.2) is 30.3 Å². The minimum Gasteiger partial charge on any atom is -0.444 e. The van der Waals surface area contributed by atoms with Crippen LogP contribution in [0.1, 0.15) is 70.1 Å². The molecule has 0 N–H and O–H groups in total. The van der Waals surface area contributed by atoms with E-state index in [1.54, 1.807) is 4.90 Å². The van der Waals surface area contributed by atoms with Gasteiger partial charge in [0, 0.05) is 18.7 Å². The van der Waals surface area contributed by atoms with Gasteiger partial charge in [0.1, 0.15) is 11.4 Å². The molecule has 0 radical (unpaired) electrons. The van der Waals surface area contributed by atoms with Crippen LogP contribution in [0.4, 0.5) is 4.79 Å². The first-order chi connectivity index (χ1) is 16.0. The molecule has 1 saturated heterocycles. The number of carbonyl (C=O) groups is 2. The lowest BCUT2D eigenvalue weighted by atomic mass is 9.82. The van der Waals surface area contributed by atoms with Gasteiger partial charge in [0.2, 0.25) is 0 Å². The summed E-state index contributed by atoms with van der Waals surface area (Å²) >= 11 is 0. The molecule has 2 aliphatic heterocycles. The topological polar surface area (TPSA) is 67.4 Å². The SMILES string of the molecule is CC(C)(C)OC(=O)N1CCn2c(-c3ccccc3)nc(C(=O)N3C4C5(C)CCC(C5)C43C)c2C1. The van der Waals surface area contributed by atoms with Crippen LogP contribution in [0.5, 0.6) is 0 Å². The highest BCUT2D eigenvalue weighted by Gasteiger charge is 2.78. The fourth-order valence-corrected chi connectivity index (χ4v) is 7.14. The fourth-order valence-electron chi connectivity index (χ4n) is 7.14. The Labute approximate surface area is 201 Å². The van der Waals surface area contributed by atoms with Crippen LogP contribution in [-0.2, 0) is 17.8 Å². The molecule has 180 valence electrons. The highest BCUT2D eigenvalue weighted by molar-refractivity contribution is 5.98. The zero-order chi connectivity index (χ0) is 24.0. The largest absolute Gasteiger partial charge is 0.444 e. The Balaban J connectivity index is 1.37. The lowest BCUT2D eigenvalue weighted by Crippen LogP contribution is -2.42. The van der Waals surface area contributed by atoms with E-state index in [0.29, 0.717) is 37.3 Å². The van der Waals surface area contributed by atoms with Crippen molar-refractivity contribution in [1.29, 1.82) is 0 Å². The van der Waals surface area contributed by atoms with Gasteiger partial charge in [-0.3, -0.25) is 4.79 Å². The first kappa shape index (κ1) is 21.7. The van der Waals surface area contributed by atoms with E-state index in [1.165, 1.54) is 19.3 Å². The van der Waals surface area contributed by atoms with Crippen molar-refractivity contribution in [2.24, 2.45) is 11.3 Å². The third-order valence-corrected chi connectivity index (χ3v) is 8.64. The normalized spacial score (nSPS) is 31.3. The highest BCUT2D eigenvalue weighted by atomic mass is 16.6. The summed E-state index contributed by atoms with van der Waals surface area (Å²) in [5.41, 5.74) is 1.89. The zero-order valence-electron chi connectivity index (χ0n) is 20.8. The van der Waals surface area contributed by atoms with Gasteiger partial charge >= 0.3 is 6.09 Å². The second-order valence-corrected chi connectivity index (χ2v) is 12.0. The van der Waals surface area contributed by atoms with E-state index in [4.69, 9.17) is 9.72 Å². The summed E-state index contributed by atoms with van der Waals surface area (Å²) in [6.07, 6.45) is 3.28. The van der Waals surface area contributed by atoms with Crippen molar-refractivity contribution in [1.82, 2.24) is 19.4 Å². The van der Waals surface area contributed by atoms with Crippen molar-refractivity contribution in [3.8, 4) is 11.4 Å². The molecule has 34 heavy (non-hydrogen) atoms. The second-order valence-electron chi connectivity index (χ2n) is 12.0. The number of aromatic nitrogens is 2. The average molecular weight is 463 g/mol. The molecule has 2 aliphatic carbocycles. The zero-order valence-corrected chi connectivity index (χ0v) is 20.8. The van der Waals surface area contributed by atoms with E-state index in [9.17, 15) is 9.59 Å². The van der Waals surface area contributed by atoms with Crippen LogP contribution in [0.25, 0.3) is 11.4 Å².